The van der Waals surface area contributed by atoms with Crippen molar-refractivity contribution < 1.29 is 13.5 Å². The predicted octanol–water partition coefficient (Wildman–Crippen LogP) is 3.80. The smallest absolute Gasteiger partial charge is 0.240 e. The number of rotatable bonds is 9. The molecule has 1 aliphatic rings. The number of aromatic nitrogens is 2. The second-order valence-corrected chi connectivity index (χ2v) is 9.96. The number of benzene rings is 2. The van der Waals surface area contributed by atoms with Crippen LogP contribution in [0.15, 0.2) is 82.3 Å². The average Bonchev–Trinajstić information content (AvgIpc) is 3.16. The molecule has 178 valence electrons. The highest BCUT2D eigenvalue weighted by molar-refractivity contribution is 7.89. The molecule has 4 rings (SSSR count). The van der Waals surface area contributed by atoms with E-state index in [1.165, 1.54) is 12.1 Å². The monoisotopic (exact) mass is 479 g/mol. The normalized spacial score (nSPS) is 14.6. The van der Waals surface area contributed by atoms with Crippen LogP contribution in [0.25, 0.3) is 0 Å². The van der Waals surface area contributed by atoms with Crippen LogP contribution in [0.1, 0.15) is 37.4 Å². The Morgan fingerprint density at radius 2 is 1.85 bits per heavy atom. The lowest BCUT2D eigenvalue weighted by molar-refractivity contribution is 0.301. The molecule has 0 bridgehead atoms. The number of sulfonamides is 1. The molecule has 9 heteroatoms. The summed E-state index contributed by atoms with van der Waals surface area (Å²) in [7, 11) is -3.66. The van der Waals surface area contributed by atoms with Crippen LogP contribution in [0.4, 0.5) is 11.5 Å². The van der Waals surface area contributed by atoms with E-state index in [0.29, 0.717) is 12.5 Å². The van der Waals surface area contributed by atoms with Gasteiger partial charge in [-0.15, -0.1) is 0 Å². The average molecular weight is 480 g/mol. The number of allylic oxidation sites excluding steroid dienone is 2. The second kappa shape index (κ2) is 10.3. The molecule has 3 N–H and O–H groups in total. The van der Waals surface area contributed by atoms with Gasteiger partial charge in [-0.05, 0) is 36.8 Å². The van der Waals surface area contributed by atoms with Gasteiger partial charge in [0.25, 0.3) is 0 Å². The van der Waals surface area contributed by atoms with Crippen LogP contribution in [0.3, 0.4) is 0 Å². The first-order valence-electron chi connectivity index (χ1n) is 11.3. The fourth-order valence-electron chi connectivity index (χ4n) is 3.61. The van der Waals surface area contributed by atoms with E-state index in [0.717, 1.165) is 40.6 Å². The summed E-state index contributed by atoms with van der Waals surface area (Å²) in [6.45, 7) is 4.52. The molecule has 1 aliphatic heterocycles. The SMILES string of the molecule is CCC(C)c1cc2n(n1)CC(Nc1ccc(S(=O)(=O)NCCO)cc1)=CC(c1ccccc1)=N2. The third kappa shape index (κ3) is 5.44. The van der Waals surface area contributed by atoms with E-state index < -0.39 is 10.0 Å². The first-order valence-corrected chi connectivity index (χ1v) is 12.8. The van der Waals surface area contributed by atoms with Gasteiger partial charge in [0.2, 0.25) is 10.0 Å². The van der Waals surface area contributed by atoms with E-state index in [1.807, 2.05) is 47.2 Å². The van der Waals surface area contributed by atoms with Crippen molar-refractivity contribution in [1.82, 2.24) is 14.5 Å². The Morgan fingerprint density at radius 3 is 2.53 bits per heavy atom. The van der Waals surface area contributed by atoms with E-state index in [1.54, 1.807) is 12.1 Å². The molecule has 3 aromatic rings. The Bertz CT molecular complexity index is 1300. The number of hydrogen-bond acceptors (Lipinski definition) is 6. The van der Waals surface area contributed by atoms with Crippen LogP contribution in [0.2, 0.25) is 0 Å². The highest BCUT2D eigenvalue weighted by Crippen LogP contribution is 2.27. The number of hydrogen-bond donors (Lipinski definition) is 3. The predicted molar refractivity (Wildman–Crippen MR) is 134 cm³/mol. The van der Waals surface area contributed by atoms with Gasteiger partial charge >= 0.3 is 0 Å². The summed E-state index contributed by atoms with van der Waals surface area (Å²) < 4.78 is 28.8. The fourth-order valence-corrected chi connectivity index (χ4v) is 4.63. The molecule has 0 radical (unpaired) electrons. The number of nitrogens with zero attached hydrogens (tertiary/aromatic N) is 3. The summed E-state index contributed by atoms with van der Waals surface area (Å²) in [4.78, 5) is 5.05. The molecule has 0 aliphatic carbocycles. The minimum absolute atomic E-state index is 0.0261. The molecular weight excluding hydrogens is 450 g/mol. The molecule has 2 aromatic carbocycles. The molecule has 0 amide bonds. The molecule has 8 nitrogen and oxygen atoms in total. The molecule has 0 spiro atoms. The Morgan fingerprint density at radius 1 is 1.12 bits per heavy atom. The highest BCUT2D eigenvalue weighted by Gasteiger charge is 2.18. The van der Waals surface area contributed by atoms with Gasteiger partial charge in [-0.25, -0.2) is 22.8 Å². The summed E-state index contributed by atoms with van der Waals surface area (Å²) in [6.07, 6.45) is 3.00. The zero-order chi connectivity index (χ0) is 24.1. The third-order valence-corrected chi connectivity index (χ3v) is 7.18. The van der Waals surface area contributed by atoms with Crippen molar-refractivity contribution in [2.75, 3.05) is 18.5 Å². The number of fused-ring (bicyclic) bond motifs is 1. The van der Waals surface area contributed by atoms with Crippen molar-refractivity contribution in [1.29, 1.82) is 0 Å². The van der Waals surface area contributed by atoms with Crippen molar-refractivity contribution in [2.24, 2.45) is 4.99 Å². The number of aliphatic hydroxyl groups excluding tert-OH is 1. The molecule has 0 fully saturated rings. The molecule has 1 unspecified atom stereocenters. The number of aliphatic hydroxyl groups is 1. The van der Waals surface area contributed by atoms with Gasteiger partial charge in [0.05, 0.1) is 29.5 Å². The Kier molecular flexibility index (Phi) is 7.26. The van der Waals surface area contributed by atoms with E-state index in [4.69, 9.17) is 15.2 Å². The first kappa shape index (κ1) is 23.9. The highest BCUT2D eigenvalue weighted by atomic mass is 32.2. The number of anilines is 1. The van der Waals surface area contributed by atoms with Crippen LogP contribution in [0, 0.1) is 0 Å². The molecule has 1 aromatic heterocycles. The number of aliphatic imine (C=N–C) groups is 1. The topological polar surface area (TPSA) is 109 Å². The largest absolute Gasteiger partial charge is 0.395 e. The number of nitrogens with one attached hydrogen (secondary N) is 2. The van der Waals surface area contributed by atoms with Gasteiger partial charge in [0.15, 0.2) is 5.82 Å². The molecule has 1 atom stereocenters. The third-order valence-electron chi connectivity index (χ3n) is 5.70. The van der Waals surface area contributed by atoms with Crippen molar-refractivity contribution in [3.8, 4) is 0 Å². The molecule has 0 saturated heterocycles. The van der Waals surface area contributed by atoms with Crippen LogP contribution >= 0.6 is 0 Å². The van der Waals surface area contributed by atoms with Gasteiger partial charge in [-0.1, -0.05) is 44.2 Å². The van der Waals surface area contributed by atoms with Crippen molar-refractivity contribution in [3.63, 3.8) is 0 Å². The van der Waals surface area contributed by atoms with Crippen LogP contribution in [-0.4, -0.2) is 42.2 Å². The molecule has 2 heterocycles. The molecule has 0 saturated carbocycles. The standard InChI is InChI=1S/C25H29N5O3S/c1-3-18(2)23-16-25-28-24(19-7-5-4-6-8-19)15-21(17-30(25)29-23)27-20-9-11-22(12-10-20)34(32,33)26-13-14-31/h4-12,15-16,18,26-27,31H,3,13-14,17H2,1-2H3. The van der Waals surface area contributed by atoms with E-state index in [9.17, 15) is 8.42 Å². The zero-order valence-electron chi connectivity index (χ0n) is 19.3. The van der Waals surface area contributed by atoms with Crippen molar-refractivity contribution in [2.45, 2.75) is 37.6 Å². The Hall–Kier alpha value is -3.27. The first-order chi connectivity index (χ1) is 16.4. The lowest BCUT2D eigenvalue weighted by Gasteiger charge is -2.12. The minimum atomic E-state index is -3.66. The van der Waals surface area contributed by atoms with Gasteiger partial charge < -0.3 is 10.4 Å². The fraction of sp³-hybridized carbons (Fsp3) is 0.280. The molecular formula is C25H29N5O3S. The van der Waals surface area contributed by atoms with Gasteiger partial charge in [-0.2, -0.15) is 5.10 Å². The quantitative estimate of drug-likeness (QED) is 0.433. The Labute approximate surface area is 200 Å². The van der Waals surface area contributed by atoms with E-state index in [-0.39, 0.29) is 18.0 Å². The maximum atomic E-state index is 12.3. The van der Waals surface area contributed by atoms with Crippen molar-refractivity contribution >= 4 is 27.2 Å². The maximum Gasteiger partial charge on any atom is 0.240 e. The summed E-state index contributed by atoms with van der Waals surface area (Å²) in [5.74, 6) is 1.14. The summed E-state index contributed by atoms with van der Waals surface area (Å²) in [5, 5.41) is 17.1. The van der Waals surface area contributed by atoms with Crippen LogP contribution < -0.4 is 10.0 Å². The lowest BCUT2D eigenvalue weighted by Crippen LogP contribution is -2.26. The van der Waals surface area contributed by atoms with Gasteiger partial charge in [0, 0.05) is 35.5 Å². The minimum Gasteiger partial charge on any atom is -0.395 e. The van der Waals surface area contributed by atoms with Gasteiger partial charge in [0.1, 0.15) is 0 Å². The summed E-state index contributed by atoms with van der Waals surface area (Å²) >= 11 is 0. The second-order valence-electron chi connectivity index (χ2n) is 8.20. The van der Waals surface area contributed by atoms with Gasteiger partial charge in [-0.3, -0.25) is 0 Å². The van der Waals surface area contributed by atoms with Crippen LogP contribution in [-0.2, 0) is 16.6 Å². The van der Waals surface area contributed by atoms with E-state index in [2.05, 4.69) is 23.9 Å². The summed E-state index contributed by atoms with van der Waals surface area (Å²) in [6, 6.07) is 18.5. The molecule has 34 heavy (non-hydrogen) atoms. The summed E-state index contributed by atoms with van der Waals surface area (Å²) in [5.41, 5.74) is 4.47. The maximum absolute atomic E-state index is 12.3. The lowest BCUT2D eigenvalue weighted by atomic mass is 10.1. The van der Waals surface area contributed by atoms with Crippen molar-refractivity contribution in [3.05, 3.63) is 83.7 Å². The Balaban J connectivity index is 1.64. The zero-order valence-corrected chi connectivity index (χ0v) is 20.1. The van der Waals surface area contributed by atoms with E-state index >= 15 is 0 Å². The van der Waals surface area contributed by atoms with Crippen LogP contribution in [0.5, 0.6) is 0 Å².